The highest BCUT2D eigenvalue weighted by molar-refractivity contribution is 5.81. The van der Waals surface area contributed by atoms with E-state index in [0.717, 1.165) is 0 Å². The number of hydrogen-bond donors (Lipinski definition) is 2. The maximum Gasteiger partial charge on any atom is 0.411 e. The molecule has 1 aliphatic rings. The Morgan fingerprint density at radius 3 is 2.39 bits per heavy atom. The number of carboxylic acids is 1. The number of likely N-dealkylation sites (tertiary alicyclic amines) is 1. The van der Waals surface area contributed by atoms with Gasteiger partial charge in [0, 0.05) is 12.0 Å². The number of carbonyl (C=O) groups excluding carboxylic acids is 1. The van der Waals surface area contributed by atoms with Crippen molar-refractivity contribution in [2.45, 2.75) is 45.8 Å². The van der Waals surface area contributed by atoms with Crippen LogP contribution in [0.3, 0.4) is 0 Å². The Balaban J connectivity index is 2.85. The summed E-state index contributed by atoms with van der Waals surface area (Å²) in [6.45, 7) is 6.96. The molecule has 6 nitrogen and oxygen atoms in total. The number of carbonyl (C=O) groups is 2. The highest BCUT2D eigenvalue weighted by atomic mass is 16.6. The lowest BCUT2D eigenvalue weighted by Gasteiger charge is -2.27. The fourth-order valence-electron chi connectivity index (χ4n) is 2.01. The Labute approximate surface area is 107 Å². The summed E-state index contributed by atoms with van der Waals surface area (Å²) < 4.78 is 5.18. The molecule has 1 fully saturated rings. The summed E-state index contributed by atoms with van der Waals surface area (Å²) in [5.41, 5.74) is -1.25. The first-order valence-electron chi connectivity index (χ1n) is 5.91. The Kier molecular flexibility index (Phi) is 3.90. The molecule has 0 aromatic rings. The minimum absolute atomic E-state index is 0.157. The highest BCUT2D eigenvalue weighted by Crippen LogP contribution is 2.35. The van der Waals surface area contributed by atoms with Crippen molar-refractivity contribution in [2.75, 3.05) is 13.2 Å². The first kappa shape index (κ1) is 14.8. The van der Waals surface area contributed by atoms with Gasteiger partial charge in [-0.05, 0) is 27.2 Å². The summed E-state index contributed by atoms with van der Waals surface area (Å²) >= 11 is 0. The van der Waals surface area contributed by atoms with E-state index in [1.165, 1.54) is 4.90 Å². The maximum absolute atomic E-state index is 11.9. The summed E-state index contributed by atoms with van der Waals surface area (Å²) in [6.07, 6.45) is -0.412. The molecule has 1 aliphatic heterocycles. The van der Waals surface area contributed by atoms with Crippen molar-refractivity contribution in [3.63, 3.8) is 0 Å². The number of rotatable bonds is 2. The Morgan fingerprint density at radius 1 is 1.44 bits per heavy atom. The van der Waals surface area contributed by atoms with E-state index in [4.69, 9.17) is 9.84 Å². The van der Waals surface area contributed by atoms with Crippen LogP contribution in [0.15, 0.2) is 0 Å². The zero-order valence-electron chi connectivity index (χ0n) is 11.3. The monoisotopic (exact) mass is 259 g/mol. The van der Waals surface area contributed by atoms with Gasteiger partial charge in [-0.15, -0.1) is 0 Å². The lowest BCUT2D eigenvalue weighted by atomic mass is 9.89. The van der Waals surface area contributed by atoms with E-state index in [0.29, 0.717) is 0 Å². The molecule has 104 valence electrons. The van der Waals surface area contributed by atoms with Crippen LogP contribution in [0.4, 0.5) is 4.79 Å². The summed E-state index contributed by atoms with van der Waals surface area (Å²) in [5.74, 6) is -1.07. The van der Waals surface area contributed by atoms with Crippen LogP contribution in [0.2, 0.25) is 0 Å². The third-order valence-electron chi connectivity index (χ3n) is 2.91. The van der Waals surface area contributed by atoms with Crippen LogP contribution < -0.4 is 0 Å². The molecule has 1 amide bonds. The number of ether oxygens (including phenoxy) is 1. The molecule has 0 aromatic heterocycles. The van der Waals surface area contributed by atoms with E-state index in [1.807, 2.05) is 0 Å². The third kappa shape index (κ3) is 3.35. The molecule has 0 aromatic carbocycles. The molecule has 0 saturated carbocycles. The smallest absolute Gasteiger partial charge is 0.411 e. The molecule has 6 heteroatoms. The van der Waals surface area contributed by atoms with Crippen molar-refractivity contribution in [3.8, 4) is 0 Å². The summed E-state index contributed by atoms with van der Waals surface area (Å²) in [5, 5.41) is 18.4. The second-order valence-electron chi connectivity index (χ2n) is 6.14. The lowest BCUT2D eigenvalue weighted by molar-refractivity contribution is -0.142. The molecule has 18 heavy (non-hydrogen) atoms. The molecule has 0 spiro atoms. The molecule has 1 saturated heterocycles. The van der Waals surface area contributed by atoms with Crippen LogP contribution in [-0.4, -0.2) is 52.0 Å². The van der Waals surface area contributed by atoms with Crippen LogP contribution >= 0.6 is 0 Å². The Bertz CT molecular complexity index is 349. The minimum Gasteiger partial charge on any atom is -0.480 e. The fraction of sp³-hybridized carbons (Fsp3) is 0.833. The Morgan fingerprint density at radius 2 is 2.00 bits per heavy atom. The summed E-state index contributed by atoms with van der Waals surface area (Å²) in [7, 11) is 0. The van der Waals surface area contributed by atoms with Gasteiger partial charge in [0.15, 0.2) is 0 Å². The van der Waals surface area contributed by atoms with Gasteiger partial charge in [0.25, 0.3) is 0 Å². The van der Waals surface area contributed by atoms with Gasteiger partial charge in [-0.1, -0.05) is 6.92 Å². The fourth-order valence-corrected chi connectivity index (χ4v) is 2.01. The van der Waals surface area contributed by atoms with Crippen LogP contribution in [0.25, 0.3) is 0 Å². The van der Waals surface area contributed by atoms with Crippen molar-refractivity contribution < 1.29 is 24.5 Å². The van der Waals surface area contributed by atoms with E-state index in [-0.39, 0.29) is 19.6 Å². The largest absolute Gasteiger partial charge is 0.480 e. The van der Waals surface area contributed by atoms with Crippen molar-refractivity contribution in [1.29, 1.82) is 0 Å². The number of aliphatic carboxylic acids is 1. The highest BCUT2D eigenvalue weighted by Gasteiger charge is 2.47. The SMILES string of the molecule is CC(C)(C)OC(=O)N1C[C@](C)(CO)C[C@@H]1C(=O)O. The third-order valence-corrected chi connectivity index (χ3v) is 2.91. The topological polar surface area (TPSA) is 87.1 Å². The Hall–Kier alpha value is -1.30. The van der Waals surface area contributed by atoms with Gasteiger partial charge in [0.2, 0.25) is 0 Å². The molecule has 0 bridgehead atoms. The van der Waals surface area contributed by atoms with Crippen LogP contribution in [0.5, 0.6) is 0 Å². The minimum atomic E-state index is -1.07. The summed E-state index contributed by atoms with van der Waals surface area (Å²) in [6, 6.07) is -0.933. The predicted octanol–water partition coefficient (Wildman–Crippen LogP) is 1.08. The van der Waals surface area contributed by atoms with E-state index in [2.05, 4.69) is 0 Å². The zero-order valence-corrected chi connectivity index (χ0v) is 11.3. The van der Waals surface area contributed by atoms with E-state index < -0.39 is 29.1 Å². The van der Waals surface area contributed by atoms with Crippen molar-refractivity contribution in [1.82, 2.24) is 4.90 Å². The standard InChI is InChI=1S/C12H21NO5/c1-11(2,3)18-10(17)13-6-12(4,7-14)5-8(13)9(15)16/h8,14H,5-7H2,1-4H3,(H,15,16)/t8-,12-/m1/s1. The maximum atomic E-state index is 11.9. The summed E-state index contributed by atoms with van der Waals surface area (Å²) in [4.78, 5) is 24.3. The number of carboxylic acid groups (broad SMARTS) is 1. The van der Waals surface area contributed by atoms with Gasteiger partial charge < -0.3 is 14.9 Å². The molecule has 0 aliphatic carbocycles. The molecular formula is C12H21NO5. The first-order valence-corrected chi connectivity index (χ1v) is 5.91. The quantitative estimate of drug-likeness (QED) is 0.774. The van der Waals surface area contributed by atoms with Crippen molar-refractivity contribution >= 4 is 12.1 Å². The van der Waals surface area contributed by atoms with E-state index in [1.54, 1.807) is 27.7 Å². The van der Waals surface area contributed by atoms with Gasteiger partial charge >= 0.3 is 12.1 Å². The lowest BCUT2D eigenvalue weighted by Crippen LogP contribution is -2.43. The van der Waals surface area contributed by atoms with Crippen LogP contribution in [0, 0.1) is 5.41 Å². The van der Waals surface area contributed by atoms with Gasteiger partial charge in [-0.25, -0.2) is 9.59 Å². The van der Waals surface area contributed by atoms with Crippen molar-refractivity contribution in [3.05, 3.63) is 0 Å². The molecule has 2 atom stereocenters. The second kappa shape index (κ2) is 4.76. The molecule has 1 rings (SSSR count). The van der Waals surface area contributed by atoms with Crippen LogP contribution in [-0.2, 0) is 9.53 Å². The normalized spacial score (nSPS) is 28.3. The molecule has 0 unspecified atom stereocenters. The van der Waals surface area contributed by atoms with Gasteiger partial charge in [-0.2, -0.15) is 0 Å². The van der Waals surface area contributed by atoms with Crippen molar-refractivity contribution in [2.24, 2.45) is 5.41 Å². The zero-order chi connectivity index (χ0) is 14.1. The first-order chi connectivity index (χ1) is 8.08. The van der Waals surface area contributed by atoms with E-state index >= 15 is 0 Å². The molecule has 2 N–H and O–H groups in total. The predicted molar refractivity (Wildman–Crippen MR) is 64.2 cm³/mol. The molecular weight excluding hydrogens is 238 g/mol. The van der Waals surface area contributed by atoms with Gasteiger partial charge in [0.05, 0.1) is 6.61 Å². The number of hydrogen-bond acceptors (Lipinski definition) is 4. The van der Waals surface area contributed by atoms with E-state index in [9.17, 15) is 14.7 Å². The van der Waals surface area contributed by atoms with Gasteiger partial charge in [0.1, 0.15) is 11.6 Å². The average Bonchev–Trinajstić information content (AvgIpc) is 2.55. The van der Waals surface area contributed by atoms with Gasteiger partial charge in [-0.3, -0.25) is 4.90 Å². The molecule has 1 heterocycles. The number of aliphatic hydroxyl groups excluding tert-OH is 1. The number of nitrogens with zero attached hydrogens (tertiary/aromatic N) is 1. The van der Waals surface area contributed by atoms with Crippen LogP contribution in [0.1, 0.15) is 34.1 Å². The number of amides is 1. The number of aliphatic hydroxyl groups is 1. The average molecular weight is 259 g/mol. The second-order valence-corrected chi connectivity index (χ2v) is 6.14. The molecule has 0 radical (unpaired) electrons.